The number of primary sulfonamides is 1. The van der Waals surface area contributed by atoms with Gasteiger partial charge in [0.1, 0.15) is 10.6 Å². The topological polar surface area (TPSA) is 111 Å². The molecule has 0 aliphatic carbocycles. The van der Waals surface area contributed by atoms with E-state index in [1.165, 1.54) is 6.07 Å². The summed E-state index contributed by atoms with van der Waals surface area (Å²) in [4.78, 5) is 17.7. The van der Waals surface area contributed by atoms with Crippen molar-refractivity contribution in [3.8, 4) is 28.1 Å². The second kappa shape index (κ2) is 9.32. The van der Waals surface area contributed by atoms with Crippen molar-refractivity contribution in [3.05, 3.63) is 82.1 Å². The van der Waals surface area contributed by atoms with E-state index in [1.54, 1.807) is 73.8 Å². The van der Waals surface area contributed by atoms with Crippen molar-refractivity contribution in [2.75, 3.05) is 12.4 Å². The molecule has 0 bridgehead atoms. The first kappa shape index (κ1) is 22.9. The third-order valence-corrected chi connectivity index (χ3v) is 6.95. The molecular weight excluding hydrogens is 482 g/mol. The van der Waals surface area contributed by atoms with Crippen LogP contribution in [0.3, 0.4) is 0 Å². The van der Waals surface area contributed by atoms with Crippen LogP contribution >= 0.6 is 22.9 Å². The number of ether oxygens (including phenoxy) is 1. The molecule has 0 fully saturated rings. The monoisotopic (exact) mass is 499 g/mol. The molecule has 0 unspecified atom stereocenters. The molecule has 0 saturated heterocycles. The van der Waals surface area contributed by atoms with Crippen LogP contribution in [0, 0.1) is 0 Å². The maximum Gasteiger partial charge on any atom is 0.268 e. The van der Waals surface area contributed by atoms with Crippen LogP contribution in [0.15, 0.2) is 77.7 Å². The minimum Gasteiger partial charge on any atom is -0.497 e. The number of benzene rings is 3. The van der Waals surface area contributed by atoms with Crippen LogP contribution in [0.25, 0.3) is 22.4 Å². The molecule has 0 saturated carbocycles. The molecule has 0 aliphatic rings. The zero-order valence-corrected chi connectivity index (χ0v) is 19.7. The van der Waals surface area contributed by atoms with E-state index in [0.29, 0.717) is 33.1 Å². The number of aromatic nitrogens is 1. The molecule has 7 nitrogen and oxygen atoms in total. The summed E-state index contributed by atoms with van der Waals surface area (Å²) in [5.74, 6) is 0.332. The van der Waals surface area contributed by atoms with Gasteiger partial charge in [-0.25, -0.2) is 18.5 Å². The third kappa shape index (κ3) is 5.07. The smallest absolute Gasteiger partial charge is 0.268 e. The van der Waals surface area contributed by atoms with Gasteiger partial charge in [0.15, 0.2) is 4.47 Å². The quantitative estimate of drug-likeness (QED) is 0.386. The summed E-state index contributed by atoms with van der Waals surface area (Å²) in [6.07, 6.45) is 0. The first-order chi connectivity index (χ1) is 15.8. The van der Waals surface area contributed by atoms with Gasteiger partial charge in [-0.05, 0) is 48.0 Å². The van der Waals surface area contributed by atoms with Crippen LogP contribution in [0.1, 0.15) is 9.67 Å². The molecule has 1 heterocycles. The van der Waals surface area contributed by atoms with E-state index < -0.39 is 10.0 Å². The number of hydrogen-bond donors (Lipinski definition) is 2. The molecule has 1 aromatic heterocycles. The van der Waals surface area contributed by atoms with Gasteiger partial charge in [-0.3, -0.25) is 4.79 Å². The third-order valence-electron chi connectivity index (χ3n) is 4.82. The second-order valence-electron chi connectivity index (χ2n) is 6.95. The molecule has 1 amide bonds. The number of anilines is 1. The summed E-state index contributed by atoms with van der Waals surface area (Å²) in [5.41, 5.74) is 2.87. The van der Waals surface area contributed by atoms with Crippen LogP contribution < -0.4 is 15.2 Å². The Morgan fingerprint density at radius 1 is 1.00 bits per heavy atom. The Hall–Kier alpha value is -3.24. The number of rotatable bonds is 6. The highest BCUT2D eigenvalue weighted by Gasteiger charge is 2.20. The number of hydrogen-bond acceptors (Lipinski definition) is 6. The number of sulfonamides is 1. The average Bonchev–Trinajstić information content (AvgIpc) is 3.21. The predicted molar refractivity (Wildman–Crippen MR) is 130 cm³/mol. The van der Waals surface area contributed by atoms with E-state index >= 15 is 0 Å². The van der Waals surface area contributed by atoms with Gasteiger partial charge in [-0.15, -0.1) is 0 Å². The Bertz CT molecular complexity index is 1420. The Labute approximate surface area is 199 Å². The van der Waals surface area contributed by atoms with Gasteiger partial charge in [-0.1, -0.05) is 53.3 Å². The van der Waals surface area contributed by atoms with Crippen molar-refractivity contribution >= 4 is 44.6 Å². The highest BCUT2D eigenvalue weighted by molar-refractivity contribution is 7.89. The van der Waals surface area contributed by atoms with E-state index in [9.17, 15) is 13.2 Å². The Morgan fingerprint density at radius 3 is 2.27 bits per heavy atom. The van der Waals surface area contributed by atoms with Crippen molar-refractivity contribution in [1.82, 2.24) is 4.98 Å². The molecule has 0 radical (unpaired) electrons. The summed E-state index contributed by atoms with van der Waals surface area (Å²) in [6, 6.07) is 20.4. The molecule has 168 valence electrons. The van der Waals surface area contributed by atoms with Crippen LogP contribution in [0.4, 0.5) is 5.69 Å². The maximum atomic E-state index is 13.0. The molecule has 3 aromatic carbocycles. The van der Waals surface area contributed by atoms with Crippen LogP contribution in [0.5, 0.6) is 5.75 Å². The number of amides is 1. The standard InChI is InChI=1S/C23H18ClN3O4S2/c1-31-17-12-8-15(9-13-17)20-21(32-23(24)27-20)22(28)26-16-10-6-14(7-11-16)18-4-2-3-5-19(18)33(25,29)30/h2-13H,1H3,(H,26,28)(H2,25,29,30). The molecular formula is C23H18ClN3O4S2. The summed E-state index contributed by atoms with van der Waals surface area (Å²) in [7, 11) is -2.30. The fourth-order valence-corrected chi connectivity index (χ4v) is 5.05. The number of halogens is 1. The Balaban J connectivity index is 1.59. The van der Waals surface area contributed by atoms with E-state index in [1.807, 2.05) is 0 Å². The molecule has 0 atom stereocenters. The highest BCUT2D eigenvalue weighted by Crippen LogP contribution is 2.33. The Kier molecular flexibility index (Phi) is 6.48. The summed E-state index contributed by atoms with van der Waals surface area (Å²) < 4.78 is 29.2. The van der Waals surface area contributed by atoms with E-state index in [0.717, 1.165) is 16.9 Å². The largest absolute Gasteiger partial charge is 0.497 e. The summed E-state index contributed by atoms with van der Waals surface area (Å²) >= 11 is 7.19. The highest BCUT2D eigenvalue weighted by atomic mass is 35.5. The number of thiazole rings is 1. The van der Waals surface area contributed by atoms with Crippen LogP contribution in [-0.4, -0.2) is 26.4 Å². The first-order valence-electron chi connectivity index (χ1n) is 9.60. The van der Waals surface area contributed by atoms with Gasteiger partial charge in [0.2, 0.25) is 10.0 Å². The van der Waals surface area contributed by atoms with Crippen LogP contribution in [-0.2, 0) is 10.0 Å². The summed E-state index contributed by atoms with van der Waals surface area (Å²) in [6.45, 7) is 0. The molecule has 4 rings (SSSR count). The number of nitrogens with two attached hydrogens (primary N) is 1. The molecule has 33 heavy (non-hydrogen) atoms. The zero-order valence-electron chi connectivity index (χ0n) is 17.3. The molecule has 3 N–H and O–H groups in total. The zero-order chi connectivity index (χ0) is 23.6. The van der Waals surface area contributed by atoms with Crippen molar-refractivity contribution in [1.29, 1.82) is 0 Å². The van der Waals surface area contributed by atoms with Gasteiger partial charge in [0.25, 0.3) is 5.91 Å². The molecule has 0 spiro atoms. The first-order valence-corrected chi connectivity index (χ1v) is 12.3. The van der Waals surface area contributed by atoms with Crippen molar-refractivity contribution in [2.24, 2.45) is 5.14 Å². The van der Waals surface area contributed by atoms with Crippen molar-refractivity contribution in [2.45, 2.75) is 4.90 Å². The van der Waals surface area contributed by atoms with E-state index in [4.69, 9.17) is 21.5 Å². The molecule has 10 heteroatoms. The fourth-order valence-electron chi connectivity index (χ4n) is 3.27. The lowest BCUT2D eigenvalue weighted by Crippen LogP contribution is -2.13. The normalized spacial score (nSPS) is 11.2. The van der Waals surface area contributed by atoms with Gasteiger partial charge in [-0.2, -0.15) is 0 Å². The van der Waals surface area contributed by atoms with Gasteiger partial charge < -0.3 is 10.1 Å². The number of nitrogens with zero attached hydrogens (tertiary/aromatic N) is 1. The summed E-state index contributed by atoms with van der Waals surface area (Å²) in [5, 5.41) is 8.16. The average molecular weight is 500 g/mol. The maximum absolute atomic E-state index is 13.0. The number of carbonyl (C=O) groups is 1. The SMILES string of the molecule is COc1ccc(-c2nc(Cl)sc2C(=O)Nc2ccc(-c3ccccc3S(N)(=O)=O)cc2)cc1. The van der Waals surface area contributed by atoms with Crippen molar-refractivity contribution in [3.63, 3.8) is 0 Å². The fraction of sp³-hybridized carbons (Fsp3) is 0.0435. The van der Waals surface area contributed by atoms with Gasteiger partial charge in [0, 0.05) is 16.8 Å². The van der Waals surface area contributed by atoms with Gasteiger partial charge >= 0.3 is 0 Å². The van der Waals surface area contributed by atoms with Crippen LogP contribution in [0.2, 0.25) is 4.47 Å². The lowest BCUT2D eigenvalue weighted by Gasteiger charge is -2.10. The molecule has 0 aliphatic heterocycles. The predicted octanol–water partition coefficient (Wildman–Crippen LogP) is 5.04. The minimum atomic E-state index is -3.88. The number of nitrogens with one attached hydrogen (secondary N) is 1. The lowest BCUT2D eigenvalue weighted by atomic mass is 10.1. The van der Waals surface area contributed by atoms with E-state index in [-0.39, 0.29) is 15.3 Å². The lowest BCUT2D eigenvalue weighted by molar-refractivity contribution is 0.103. The number of methoxy groups -OCH3 is 1. The number of carbonyl (C=O) groups excluding carboxylic acids is 1. The Morgan fingerprint density at radius 2 is 1.64 bits per heavy atom. The van der Waals surface area contributed by atoms with E-state index in [2.05, 4.69) is 10.3 Å². The minimum absolute atomic E-state index is 0.0326. The van der Waals surface area contributed by atoms with Crippen molar-refractivity contribution < 1.29 is 17.9 Å². The molecule has 4 aromatic rings. The van der Waals surface area contributed by atoms with Gasteiger partial charge in [0.05, 0.1) is 17.7 Å². The second-order valence-corrected chi connectivity index (χ2v) is 10.1.